The summed E-state index contributed by atoms with van der Waals surface area (Å²) in [6.07, 6.45) is 5.46. The van der Waals surface area contributed by atoms with Crippen LogP contribution in [0.3, 0.4) is 0 Å². The summed E-state index contributed by atoms with van der Waals surface area (Å²) in [5.74, 6) is 0.299. The SMILES string of the molecule is COC1CCCC1N1C(=O)C2(CC2)NC1c1ccc(C)s1. The predicted molar refractivity (Wildman–Crippen MR) is 82.2 cm³/mol. The molecule has 4 rings (SSSR count). The third kappa shape index (κ3) is 2.05. The highest BCUT2D eigenvalue weighted by Crippen LogP contribution is 2.49. The van der Waals surface area contributed by atoms with E-state index in [1.54, 1.807) is 18.4 Å². The third-order valence-corrected chi connectivity index (χ3v) is 6.25. The van der Waals surface area contributed by atoms with Gasteiger partial charge >= 0.3 is 0 Å². The Morgan fingerprint density at radius 2 is 2.19 bits per heavy atom. The van der Waals surface area contributed by atoms with Crippen LogP contribution in [0.15, 0.2) is 12.1 Å². The molecule has 0 aromatic carbocycles. The number of aryl methyl sites for hydroxylation is 1. The molecule has 1 N–H and O–H groups in total. The highest BCUT2D eigenvalue weighted by Gasteiger charge is 2.61. The molecule has 114 valence electrons. The summed E-state index contributed by atoms with van der Waals surface area (Å²) < 4.78 is 5.64. The lowest BCUT2D eigenvalue weighted by atomic mass is 10.1. The maximum Gasteiger partial charge on any atom is 0.244 e. The van der Waals surface area contributed by atoms with Crippen LogP contribution in [0.5, 0.6) is 0 Å². The van der Waals surface area contributed by atoms with Crippen molar-refractivity contribution in [2.24, 2.45) is 0 Å². The van der Waals surface area contributed by atoms with Crippen LogP contribution >= 0.6 is 11.3 Å². The molecule has 2 heterocycles. The fourth-order valence-electron chi connectivity index (χ4n) is 3.89. The maximum absolute atomic E-state index is 12.9. The van der Waals surface area contributed by atoms with Crippen molar-refractivity contribution < 1.29 is 9.53 Å². The molecule has 21 heavy (non-hydrogen) atoms. The number of ether oxygens (including phenoxy) is 1. The monoisotopic (exact) mass is 306 g/mol. The first-order chi connectivity index (χ1) is 10.1. The zero-order valence-electron chi connectivity index (χ0n) is 12.6. The van der Waals surface area contributed by atoms with Crippen molar-refractivity contribution in [1.29, 1.82) is 0 Å². The lowest BCUT2D eigenvalue weighted by molar-refractivity contribution is -0.135. The van der Waals surface area contributed by atoms with Crippen molar-refractivity contribution in [3.05, 3.63) is 21.9 Å². The van der Waals surface area contributed by atoms with Gasteiger partial charge in [0.25, 0.3) is 0 Å². The second-order valence-corrected chi connectivity index (χ2v) is 7.88. The van der Waals surface area contributed by atoms with Crippen LogP contribution in [0.2, 0.25) is 0 Å². The van der Waals surface area contributed by atoms with E-state index in [9.17, 15) is 4.79 Å². The maximum atomic E-state index is 12.9. The lowest BCUT2D eigenvalue weighted by Crippen LogP contribution is -2.45. The summed E-state index contributed by atoms with van der Waals surface area (Å²) >= 11 is 1.79. The molecular formula is C16H22N2O2S. The van der Waals surface area contributed by atoms with Gasteiger partial charge in [0.05, 0.1) is 12.1 Å². The third-order valence-electron chi connectivity index (χ3n) is 5.19. The molecule has 5 heteroatoms. The predicted octanol–water partition coefficient (Wildman–Crippen LogP) is 2.59. The standard InChI is InChI=1S/C16H22N2O2S/c1-10-6-7-13(21-10)14-17-16(8-9-16)15(19)18(14)11-4-3-5-12(11)20-2/h6-7,11-12,14,17H,3-5,8-9H2,1-2H3. The van der Waals surface area contributed by atoms with Gasteiger partial charge in [0, 0.05) is 16.9 Å². The van der Waals surface area contributed by atoms with Crippen LogP contribution in [-0.2, 0) is 9.53 Å². The molecule has 3 atom stereocenters. The van der Waals surface area contributed by atoms with Crippen molar-refractivity contribution in [2.75, 3.05) is 7.11 Å². The van der Waals surface area contributed by atoms with Crippen LogP contribution in [0, 0.1) is 6.92 Å². The molecule has 1 spiro atoms. The summed E-state index contributed by atoms with van der Waals surface area (Å²) in [7, 11) is 1.77. The first kappa shape index (κ1) is 13.7. The van der Waals surface area contributed by atoms with Crippen molar-refractivity contribution in [2.45, 2.75) is 62.9 Å². The van der Waals surface area contributed by atoms with E-state index >= 15 is 0 Å². The largest absolute Gasteiger partial charge is 0.379 e. The Kier molecular flexibility index (Phi) is 3.14. The Hall–Kier alpha value is -0.910. The topological polar surface area (TPSA) is 41.6 Å². The Bertz CT molecular complexity index is 566. The number of hydrogen-bond acceptors (Lipinski definition) is 4. The van der Waals surface area contributed by atoms with Crippen LogP contribution in [-0.4, -0.2) is 35.6 Å². The van der Waals surface area contributed by atoms with Gasteiger partial charge in [-0.15, -0.1) is 11.3 Å². The van der Waals surface area contributed by atoms with Crippen LogP contribution in [0.1, 0.15) is 48.0 Å². The smallest absolute Gasteiger partial charge is 0.244 e. The summed E-state index contributed by atoms with van der Waals surface area (Å²) in [5, 5.41) is 3.62. The van der Waals surface area contributed by atoms with E-state index in [2.05, 4.69) is 29.3 Å². The zero-order valence-corrected chi connectivity index (χ0v) is 13.4. The molecule has 0 radical (unpaired) electrons. The normalized spacial score (nSPS) is 34.1. The van der Waals surface area contributed by atoms with Crippen molar-refractivity contribution in [1.82, 2.24) is 10.2 Å². The molecule has 2 aliphatic carbocycles. The van der Waals surface area contributed by atoms with Gasteiger partial charge in [0.15, 0.2) is 0 Å². The molecule has 2 saturated carbocycles. The summed E-state index contributed by atoms with van der Waals surface area (Å²) in [4.78, 5) is 17.6. The van der Waals surface area contributed by atoms with E-state index in [1.807, 2.05) is 0 Å². The van der Waals surface area contributed by atoms with Gasteiger partial charge in [-0.3, -0.25) is 10.1 Å². The second-order valence-electron chi connectivity index (χ2n) is 6.56. The summed E-state index contributed by atoms with van der Waals surface area (Å²) in [5.41, 5.74) is -0.260. The number of methoxy groups -OCH3 is 1. The fraction of sp³-hybridized carbons (Fsp3) is 0.688. The number of carbonyl (C=O) groups excluding carboxylic acids is 1. The van der Waals surface area contributed by atoms with Gasteiger partial charge in [-0.1, -0.05) is 0 Å². The van der Waals surface area contributed by atoms with Gasteiger partial charge in [-0.25, -0.2) is 0 Å². The minimum atomic E-state index is -0.260. The van der Waals surface area contributed by atoms with Gasteiger partial charge in [-0.2, -0.15) is 0 Å². The molecule has 1 aliphatic heterocycles. The number of amides is 1. The first-order valence-corrected chi connectivity index (χ1v) is 8.66. The number of carbonyl (C=O) groups is 1. The Morgan fingerprint density at radius 1 is 1.38 bits per heavy atom. The number of hydrogen-bond donors (Lipinski definition) is 1. The Labute approximate surface area is 129 Å². The van der Waals surface area contributed by atoms with Gasteiger partial charge < -0.3 is 9.64 Å². The quantitative estimate of drug-likeness (QED) is 0.933. The first-order valence-electron chi connectivity index (χ1n) is 7.84. The van der Waals surface area contributed by atoms with E-state index in [-0.39, 0.29) is 23.9 Å². The highest BCUT2D eigenvalue weighted by molar-refractivity contribution is 7.12. The number of thiophene rings is 1. The van der Waals surface area contributed by atoms with E-state index < -0.39 is 0 Å². The average Bonchev–Trinajstić information content (AvgIpc) is 2.82. The van der Waals surface area contributed by atoms with Gasteiger partial charge in [0.1, 0.15) is 11.7 Å². The number of nitrogens with zero attached hydrogens (tertiary/aromatic N) is 1. The van der Waals surface area contributed by atoms with Crippen molar-refractivity contribution in [3.8, 4) is 0 Å². The molecule has 1 saturated heterocycles. The number of nitrogens with one attached hydrogen (secondary N) is 1. The molecular weight excluding hydrogens is 284 g/mol. The Balaban J connectivity index is 1.69. The van der Waals surface area contributed by atoms with Gasteiger partial charge in [0.2, 0.25) is 5.91 Å². The lowest BCUT2D eigenvalue weighted by Gasteiger charge is -2.33. The average molecular weight is 306 g/mol. The molecule has 3 aliphatic rings. The molecule has 1 aromatic heterocycles. The second kappa shape index (κ2) is 4.80. The van der Waals surface area contributed by atoms with Crippen molar-refractivity contribution >= 4 is 17.2 Å². The molecule has 1 aromatic rings. The van der Waals surface area contributed by atoms with Crippen LogP contribution < -0.4 is 5.32 Å². The number of rotatable bonds is 3. The zero-order chi connectivity index (χ0) is 14.6. The van der Waals surface area contributed by atoms with E-state index in [4.69, 9.17) is 4.74 Å². The molecule has 1 amide bonds. The van der Waals surface area contributed by atoms with E-state index in [0.29, 0.717) is 5.91 Å². The van der Waals surface area contributed by atoms with E-state index in [1.165, 1.54) is 9.75 Å². The fourth-order valence-corrected chi connectivity index (χ4v) is 4.82. The van der Waals surface area contributed by atoms with Crippen LogP contribution in [0.25, 0.3) is 0 Å². The molecule has 4 nitrogen and oxygen atoms in total. The molecule has 0 bridgehead atoms. The molecule has 3 fully saturated rings. The van der Waals surface area contributed by atoms with Crippen molar-refractivity contribution in [3.63, 3.8) is 0 Å². The minimum absolute atomic E-state index is 0.0412. The minimum Gasteiger partial charge on any atom is -0.379 e. The summed E-state index contributed by atoms with van der Waals surface area (Å²) in [6.45, 7) is 2.12. The summed E-state index contributed by atoms with van der Waals surface area (Å²) in [6, 6.07) is 4.53. The highest BCUT2D eigenvalue weighted by atomic mass is 32.1. The Morgan fingerprint density at radius 3 is 2.81 bits per heavy atom. The van der Waals surface area contributed by atoms with Gasteiger partial charge in [-0.05, 0) is 51.2 Å². The molecule has 3 unspecified atom stereocenters. The van der Waals surface area contributed by atoms with Crippen LogP contribution in [0.4, 0.5) is 0 Å². The van der Waals surface area contributed by atoms with E-state index in [0.717, 1.165) is 32.1 Å².